The molecule has 0 aromatic heterocycles. The molecule has 0 aliphatic carbocycles. The second-order valence-electron chi connectivity index (χ2n) is 15.7. The Morgan fingerprint density at radius 2 is 0.935 bits per heavy atom. The Kier molecular flexibility index (Phi) is 45.1. The fraction of sp³-hybridized carbons (Fsp3) is 0.654. The molecule has 2 atom stereocenters. The van der Waals surface area contributed by atoms with E-state index in [0.29, 0.717) is 12.8 Å². The Balaban J connectivity index is 3.70. The van der Waals surface area contributed by atoms with Gasteiger partial charge in [0.25, 0.3) is 0 Å². The van der Waals surface area contributed by atoms with Crippen LogP contribution in [-0.2, 0) is 27.9 Å². The Bertz CT molecular complexity index is 1330. The lowest BCUT2D eigenvalue weighted by molar-refractivity contribution is -0.147. The second-order valence-corrected chi connectivity index (χ2v) is 17.1. The molecule has 0 saturated heterocycles. The summed E-state index contributed by atoms with van der Waals surface area (Å²) in [7, 11) is -4.44. The molecule has 0 aliphatic heterocycles. The minimum Gasteiger partial charge on any atom is -0.463 e. The van der Waals surface area contributed by atoms with Gasteiger partial charge in [0.1, 0.15) is 12.7 Å². The molecule has 0 heterocycles. The number of allylic oxidation sites excluding steroid dienone is 16. The van der Waals surface area contributed by atoms with E-state index in [-0.39, 0.29) is 32.1 Å². The van der Waals surface area contributed by atoms with Gasteiger partial charge in [-0.05, 0) is 89.9 Å². The van der Waals surface area contributed by atoms with Gasteiger partial charge in [0.2, 0.25) is 5.91 Å². The number of aliphatic hydroxyl groups excluding tert-OH is 1. The van der Waals surface area contributed by atoms with Gasteiger partial charge in [0, 0.05) is 19.4 Å². The number of nitrogens with one attached hydrogen (secondary N) is 1. The van der Waals surface area contributed by atoms with Crippen molar-refractivity contribution in [3.8, 4) is 0 Å². The Morgan fingerprint density at radius 3 is 1.44 bits per heavy atom. The van der Waals surface area contributed by atoms with Crippen molar-refractivity contribution in [3.63, 3.8) is 0 Å². The third-order valence-electron chi connectivity index (χ3n) is 9.75. The van der Waals surface area contributed by atoms with E-state index in [4.69, 9.17) is 13.8 Å². The number of hydrogen-bond acceptors (Lipinski definition) is 7. The smallest absolute Gasteiger partial charge is 0.463 e. The van der Waals surface area contributed by atoms with E-state index in [2.05, 4.69) is 116 Å². The molecule has 0 aromatic rings. The zero-order chi connectivity index (χ0) is 45.3. The number of aliphatic hydroxyl groups is 1. The first-order valence-electron chi connectivity index (χ1n) is 24.2. The number of phosphoric acid groups is 1. The van der Waals surface area contributed by atoms with Gasteiger partial charge in [-0.25, -0.2) is 4.57 Å². The molecular formula is C52H88NO8P. The summed E-state index contributed by atoms with van der Waals surface area (Å²) in [6.07, 6.45) is 62.0. The number of hydrogen-bond donors (Lipinski definition) is 3. The maximum Gasteiger partial charge on any atom is 0.472 e. The maximum atomic E-state index is 12.1. The van der Waals surface area contributed by atoms with Gasteiger partial charge in [0.05, 0.1) is 13.2 Å². The zero-order valence-corrected chi connectivity index (χ0v) is 39.9. The zero-order valence-electron chi connectivity index (χ0n) is 39.0. The minimum absolute atomic E-state index is 0.0441. The van der Waals surface area contributed by atoms with Crippen LogP contribution in [-0.4, -0.2) is 54.3 Å². The van der Waals surface area contributed by atoms with E-state index < -0.39 is 26.5 Å². The van der Waals surface area contributed by atoms with Gasteiger partial charge >= 0.3 is 13.8 Å². The molecule has 0 aliphatic rings. The van der Waals surface area contributed by atoms with E-state index in [1.165, 1.54) is 70.6 Å². The fourth-order valence-electron chi connectivity index (χ4n) is 6.13. The average Bonchev–Trinajstić information content (AvgIpc) is 3.26. The molecule has 0 rings (SSSR count). The van der Waals surface area contributed by atoms with E-state index >= 15 is 0 Å². The van der Waals surface area contributed by atoms with Crippen LogP contribution >= 0.6 is 7.82 Å². The minimum atomic E-state index is -4.44. The highest BCUT2D eigenvalue weighted by Crippen LogP contribution is 2.42. The van der Waals surface area contributed by atoms with Crippen LogP contribution in [0.1, 0.15) is 187 Å². The van der Waals surface area contributed by atoms with Crippen molar-refractivity contribution >= 4 is 19.7 Å². The lowest BCUT2D eigenvalue weighted by Gasteiger charge is -2.15. The van der Waals surface area contributed by atoms with E-state index in [9.17, 15) is 24.2 Å². The van der Waals surface area contributed by atoms with Crippen molar-refractivity contribution in [2.75, 3.05) is 26.4 Å². The van der Waals surface area contributed by atoms with Crippen LogP contribution in [0.4, 0.5) is 0 Å². The largest absolute Gasteiger partial charge is 0.472 e. The van der Waals surface area contributed by atoms with Gasteiger partial charge in [-0.2, -0.15) is 0 Å². The summed E-state index contributed by atoms with van der Waals surface area (Å²) in [4.78, 5) is 34.0. The summed E-state index contributed by atoms with van der Waals surface area (Å²) in [5.41, 5.74) is 0. The van der Waals surface area contributed by atoms with Crippen LogP contribution in [0.5, 0.6) is 0 Å². The number of rotatable bonds is 44. The Morgan fingerprint density at radius 1 is 0.516 bits per heavy atom. The van der Waals surface area contributed by atoms with Gasteiger partial charge in [0.15, 0.2) is 0 Å². The molecule has 9 nitrogen and oxygen atoms in total. The highest BCUT2D eigenvalue weighted by molar-refractivity contribution is 7.47. The molecule has 0 bridgehead atoms. The predicted molar refractivity (Wildman–Crippen MR) is 261 cm³/mol. The fourth-order valence-corrected chi connectivity index (χ4v) is 6.89. The van der Waals surface area contributed by atoms with Crippen LogP contribution in [0.25, 0.3) is 0 Å². The number of carbonyl (C=O) groups excluding carboxylic acids is 2. The number of unbranched alkanes of at least 4 members (excludes halogenated alkanes) is 15. The van der Waals surface area contributed by atoms with Crippen LogP contribution in [0.2, 0.25) is 0 Å². The van der Waals surface area contributed by atoms with Crippen LogP contribution < -0.4 is 5.32 Å². The first-order chi connectivity index (χ1) is 30.3. The van der Waals surface area contributed by atoms with E-state index in [0.717, 1.165) is 83.5 Å². The third-order valence-corrected chi connectivity index (χ3v) is 10.7. The normalized spacial score (nSPS) is 14.1. The number of esters is 1. The second kappa shape index (κ2) is 47.4. The average molecular weight is 886 g/mol. The summed E-state index contributed by atoms with van der Waals surface area (Å²) in [5.74, 6) is -0.587. The standard InChI is InChI=1S/C52H88NO8P/c1-3-5-7-9-11-13-15-17-19-21-23-24-25-26-27-28-30-32-34-36-38-40-42-44-51(55)53-46-47-60-62(57,58)61-49-50(54)48-59-52(56)45-43-41-39-37-35-33-31-29-22-20-18-16-14-12-10-8-6-4-2/h5,7,11,13,17,19-20,22-24,26-27,30,32,36,38,50,54H,3-4,6,8-10,12,14-16,18,21,25,28-29,31,33-35,37,39-49H2,1-2H3,(H,53,55)(H,57,58)/b7-5-,13-11-,19-17-,22-20-,24-23-,27-26-,32-30-,38-36-. The molecular weight excluding hydrogens is 798 g/mol. The van der Waals surface area contributed by atoms with Crippen LogP contribution in [0, 0.1) is 0 Å². The molecule has 354 valence electrons. The molecule has 1 amide bonds. The number of amides is 1. The van der Waals surface area contributed by atoms with Gasteiger partial charge < -0.3 is 20.1 Å². The number of carbonyl (C=O) groups is 2. The van der Waals surface area contributed by atoms with Gasteiger partial charge in [-0.1, -0.05) is 182 Å². The lowest BCUT2D eigenvalue weighted by atomic mass is 10.1. The topological polar surface area (TPSA) is 131 Å². The van der Waals surface area contributed by atoms with Gasteiger partial charge in [-0.15, -0.1) is 0 Å². The van der Waals surface area contributed by atoms with Gasteiger partial charge in [-0.3, -0.25) is 18.6 Å². The van der Waals surface area contributed by atoms with Crippen molar-refractivity contribution in [1.82, 2.24) is 5.32 Å². The summed E-state index contributed by atoms with van der Waals surface area (Å²) in [6.45, 7) is 3.35. The van der Waals surface area contributed by atoms with Crippen molar-refractivity contribution in [2.45, 2.75) is 193 Å². The molecule has 3 N–H and O–H groups in total. The van der Waals surface area contributed by atoms with Crippen molar-refractivity contribution in [3.05, 3.63) is 97.2 Å². The quantitative estimate of drug-likeness (QED) is 0.0239. The molecule has 0 saturated carbocycles. The van der Waals surface area contributed by atoms with Crippen molar-refractivity contribution in [2.24, 2.45) is 0 Å². The van der Waals surface area contributed by atoms with Crippen molar-refractivity contribution < 1.29 is 37.9 Å². The van der Waals surface area contributed by atoms with Crippen LogP contribution in [0.3, 0.4) is 0 Å². The molecule has 0 spiro atoms. The highest BCUT2D eigenvalue weighted by atomic mass is 31.2. The van der Waals surface area contributed by atoms with Crippen LogP contribution in [0.15, 0.2) is 97.2 Å². The molecule has 62 heavy (non-hydrogen) atoms. The molecule has 0 fully saturated rings. The number of ether oxygens (including phenoxy) is 1. The van der Waals surface area contributed by atoms with Crippen molar-refractivity contribution in [1.29, 1.82) is 0 Å². The first-order valence-corrected chi connectivity index (χ1v) is 25.7. The predicted octanol–water partition coefficient (Wildman–Crippen LogP) is 14.2. The molecule has 0 radical (unpaired) electrons. The Hall–Kier alpha value is -3.07. The molecule has 0 aromatic carbocycles. The van der Waals surface area contributed by atoms with E-state index in [1.54, 1.807) is 0 Å². The summed E-state index contributed by atoms with van der Waals surface area (Å²) in [6, 6.07) is 0. The molecule has 10 heteroatoms. The van der Waals surface area contributed by atoms with E-state index in [1.807, 2.05) is 0 Å². The maximum absolute atomic E-state index is 12.1. The third kappa shape index (κ3) is 48.0. The first kappa shape index (κ1) is 58.9. The monoisotopic (exact) mass is 886 g/mol. The summed E-state index contributed by atoms with van der Waals surface area (Å²) < 4.78 is 26.9. The summed E-state index contributed by atoms with van der Waals surface area (Å²) >= 11 is 0. The summed E-state index contributed by atoms with van der Waals surface area (Å²) in [5, 5.41) is 12.7. The highest BCUT2D eigenvalue weighted by Gasteiger charge is 2.23. The number of phosphoric ester groups is 1. The SMILES string of the molecule is CC/C=C\C/C=C\C/C=C\C/C=C\C/C=C\C/C=C\C/C=C\CCCC(=O)NCCOP(=O)(O)OCC(O)COC(=O)CCCCCCCCC/C=C\CCCCCCCCC. The Labute approximate surface area is 378 Å². The molecule has 2 unspecified atom stereocenters. The lowest BCUT2D eigenvalue weighted by Crippen LogP contribution is -2.27.